The molecule has 1 aromatic heterocycles. The van der Waals surface area contributed by atoms with Gasteiger partial charge in [0, 0.05) is 19.4 Å². The predicted octanol–water partition coefficient (Wildman–Crippen LogP) is 2.95. The predicted molar refractivity (Wildman–Crippen MR) is 78.0 cm³/mol. The molecule has 5 nitrogen and oxygen atoms in total. The Morgan fingerprint density at radius 1 is 1.40 bits per heavy atom. The summed E-state index contributed by atoms with van der Waals surface area (Å²) in [5, 5.41) is 8.39. The van der Waals surface area contributed by atoms with Gasteiger partial charge in [0.05, 0.1) is 11.6 Å². The molecule has 1 spiro atoms. The van der Waals surface area contributed by atoms with Crippen molar-refractivity contribution in [1.82, 2.24) is 5.32 Å². The molecule has 0 bridgehead atoms. The zero-order valence-electron chi connectivity index (χ0n) is 11.4. The van der Waals surface area contributed by atoms with Crippen molar-refractivity contribution >= 4 is 22.4 Å². The van der Waals surface area contributed by atoms with Crippen molar-refractivity contribution in [2.45, 2.75) is 44.0 Å². The van der Waals surface area contributed by atoms with Crippen LogP contribution in [0.3, 0.4) is 0 Å². The van der Waals surface area contributed by atoms with Gasteiger partial charge in [-0.3, -0.25) is 5.32 Å². The van der Waals surface area contributed by atoms with Gasteiger partial charge in [0.25, 0.3) is 0 Å². The molecule has 1 saturated heterocycles. The average Bonchev–Trinajstić information content (AvgIpc) is 3.08. The van der Waals surface area contributed by atoms with Crippen molar-refractivity contribution in [1.29, 1.82) is 0 Å². The third-order valence-corrected chi connectivity index (χ3v) is 4.56. The normalized spacial score (nSPS) is 24.7. The highest BCUT2D eigenvalue weighted by Crippen LogP contribution is 2.37. The molecule has 1 aromatic rings. The molecule has 1 aliphatic carbocycles. The number of amides is 2. The zero-order chi connectivity index (χ0) is 13.8. The number of carbonyl (C=O) groups is 1. The molecule has 2 amide bonds. The topological polar surface area (TPSA) is 59.6 Å². The lowest BCUT2D eigenvalue weighted by Crippen LogP contribution is -2.38. The van der Waals surface area contributed by atoms with E-state index in [-0.39, 0.29) is 17.9 Å². The van der Waals surface area contributed by atoms with Gasteiger partial charge in [0.1, 0.15) is 6.10 Å². The van der Waals surface area contributed by atoms with Crippen LogP contribution in [0.15, 0.2) is 17.5 Å². The van der Waals surface area contributed by atoms with E-state index in [0.717, 1.165) is 17.8 Å². The molecule has 2 aliphatic rings. The number of nitrogens with one attached hydrogen (secondary N) is 2. The molecule has 6 heteroatoms. The Morgan fingerprint density at radius 3 is 3.00 bits per heavy atom. The van der Waals surface area contributed by atoms with Gasteiger partial charge in [-0.15, -0.1) is 11.3 Å². The van der Waals surface area contributed by atoms with Crippen molar-refractivity contribution in [3.63, 3.8) is 0 Å². The second-order valence-corrected chi connectivity index (χ2v) is 6.28. The Morgan fingerprint density at radius 2 is 2.25 bits per heavy atom. The number of rotatable bonds is 3. The summed E-state index contributed by atoms with van der Waals surface area (Å²) in [6, 6.07) is 3.58. The highest BCUT2D eigenvalue weighted by atomic mass is 32.1. The third kappa shape index (κ3) is 3.31. The fourth-order valence-electron chi connectivity index (χ4n) is 2.78. The fraction of sp³-hybridized carbons (Fsp3) is 0.643. The van der Waals surface area contributed by atoms with E-state index in [9.17, 15) is 4.79 Å². The van der Waals surface area contributed by atoms with Crippen LogP contribution in [0.2, 0.25) is 0 Å². The summed E-state index contributed by atoms with van der Waals surface area (Å²) in [5.41, 5.74) is 0. The Labute approximate surface area is 122 Å². The van der Waals surface area contributed by atoms with Crippen LogP contribution in [-0.4, -0.2) is 31.1 Å². The van der Waals surface area contributed by atoms with Crippen LogP contribution in [0.25, 0.3) is 0 Å². The molecule has 3 rings (SSSR count). The lowest BCUT2D eigenvalue weighted by molar-refractivity contribution is -0.186. The van der Waals surface area contributed by atoms with E-state index in [0.29, 0.717) is 13.2 Å². The first-order valence-electron chi connectivity index (χ1n) is 7.16. The molecule has 2 N–H and O–H groups in total. The molecular weight excluding hydrogens is 276 g/mol. The average molecular weight is 296 g/mol. The van der Waals surface area contributed by atoms with Gasteiger partial charge < -0.3 is 14.8 Å². The first kappa shape index (κ1) is 13.9. The minimum atomic E-state index is -0.366. The highest BCUT2D eigenvalue weighted by Gasteiger charge is 2.42. The molecule has 0 radical (unpaired) electrons. The molecule has 1 atom stereocenters. The summed E-state index contributed by atoms with van der Waals surface area (Å²) in [4.78, 5) is 11.7. The Hall–Kier alpha value is -1.11. The third-order valence-electron chi connectivity index (χ3n) is 3.78. The van der Waals surface area contributed by atoms with E-state index < -0.39 is 0 Å². The summed E-state index contributed by atoms with van der Waals surface area (Å²) in [6.07, 6.45) is 5.51. The molecule has 2 fully saturated rings. The Bertz CT molecular complexity index is 443. The molecule has 1 saturated carbocycles. The van der Waals surface area contributed by atoms with Crippen molar-refractivity contribution < 1.29 is 14.3 Å². The van der Waals surface area contributed by atoms with Gasteiger partial charge in [-0.1, -0.05) is 6.42 Å². The second kappa shape index (κ2) is 6.11. The molecule has 0 unspecified atom stereocenters. The van der Waals surface area contributed by atoms with E-state index in [2.05, 4.69) is 10.6 Å². The van der Waals surface area contributed by atoms with Crippen LogP contribution in [0.5, 0.6) is 0 Å². The second-order valence-electron chi connectivity index (χ2n) is 5.33. The van der Waals surface area contributed by atoms with E-state index >= 15 is 0 Å². The standard InChI is InChI=1S/C14H20N2O3S/c17-13(16-12-5-4-8-20-12)15-9-11-10-18-14(19-11)6-2-1-3-7-14/h4-5,8,11H,1-3,6-7,9-10H2,(H2,15,16,17)/t11-/m0/s1. The van der Waals surface area contributed by atoms with Crippen LogP contribution in [0.4, 0.5) is 9.80 Å². The number of hydrogen-bond donors (Lipinski definition) is 2. The van der Waals surface area contributed by atoms with Crippen molar-refractivity contribution in [2.24, 2.45) is 0 Å². The number of anilines is 1. The van der Waals surface area contributed by atoms with Crippen LogP contribution in [0, 0.1) is 0 Å². The number of thiophene rings is 1. The van der Waals surface area contributed by atoms with Gasteiger partial charge in [0.2, 0.25) is 0 Å². The number of carbonyl (C=O) groups excluding carboxylic acids is 1. The molecule has 0 aromatic carbocycles. The summed E-state index contributed by atoms with van der Waals surface area (Å²) < 4.78 is 11.9. The number of urea groups is 1. The van der Waals surface area contributed by atoms with E-state index in [1.807, 2.05) is 17.5 Å². The van der Waals surface area contributed by atoms with E-state index in [1.165, 1.54) is 30.6 Å². The lowest BCUT2D eigenvalue weighted by atomic mass is 9.94. The Balaban J connectivity index is 1.42. The maximum Gasteiger partial charge on any atom is 0.319 e. The summed E-state index contributed by atoms with van der Waals surface area (Å²) in [5.74, 6) is -0.366. The van der Waals surface area contributed by atoms with Gasteiger partial charge >= 0.3 is 6.03 Å². The number of ether oxygens (including phenoxy) is 2. The van der Waals surface area contributed by atoms with E-state index in [1.54, 1.807) is 0 Å². The first-order chi connectivity index (χ1) is 9.76. The maximum atomic E-state index is 11.7. The SMILES string of the molecule is O=C(NC[C@H]1COC2(CCCCC2)O1)Nc1cccs1. The van der Waals surface area contributed by atoms with Crippen molar-refractivity contribution in [3.05, 3.63) is 17.5 Å². The summed E-state index contributed by atoms with van der Waals surface area (Å²) >= 11 is 1.50. The van der Waals surface area contributed by atoms with E-state index in [4.69, 9.17) is 9.47 Å². The van der Waals surface area contributed by atoms with Gasteiger partial charge in [-0.2, -0.15) is 0 Å². The van der Waals surface area contributed by atoms with Crippen LogP contribution < -0.4 is 10.6 Å². The fourth-order valence-corrected chi connectivity index (χ4v) is 3.39. The van der Waals surface area contributed by atoms with Gasteiger partial charge in [0.15, 0.2) is 5.79 Å². The Kier molecular flexibility index (Phi) is 4.24. The minimum absolute atomic E-state index is 0.0396. The number of hydrogen-bond acceptors (Lipinski definition) is 4. The quantitative estimate of drug-likeness (QED) is 0.901. The first-order valence-corrected chi connectivity index (χ1v) is 8.04. The maximum absolute atomic E-state index is 11.7. The molecule has 2 heterocycles. The van der Waals surface area contributed by atoms with Crippen molar-refractivity contribution in [2.75, 3.05) is 18.5 Å². The molecule has 1 aliphatic heterocycles. The highest BCUT2D eigenvalue weighted by molar-refractivity contribution is 7.14. The van der Waals surface area contributed by atoms with Gasteiger partial charge in [-0.05, 0) is 30.4 Å². The lowest BCUT2D eigenvalue weighted by Gasteiger charge is -2.31. The molecule has 20 heavy (non-hydrogen) atoms. The van der Waals surface area contributed by atoms with Crippen molar-refractivity contribution in [3.8, 4) is 0 Å². The monoisotopic (exact) mass is 296 g/mol. The van der Waals surface area contributed by atoms with Gasteiger partial charge in [-0.25, -0.2) is 4.79 Å². The molecular formula is C14H20N2O3S. The van der Waals surface area contributed by atoms with Crippen LogP contribution >= 0.6 is 11.3 Å². The largest absolute Gasteiger partial charge is 0.347 e. The van der Waals surface area contributed by atoms with Crippen LogP contribution in [-0.2, 0) is 9.47 Å². The molecule has 110 valence electrons. The minimum Gasteiger partial charge on any atom is -0.347 e. The summed E-state index contributed by atoms with van der Waals surface area (Å²) in [6.45, 7) is 1.05. The zero-order valence-corrected chi connectivity index (χ0v) is 12.2. The van der Waals surface area contributed by atoms with Crippen LogP contribution in [0.1, 0.15) is 32.1 Å². The smallest absolute Gasteiger partial charge is 0.319 e. The summed E-state index contributed by atoms with van der Waals surface area (Å²) in [7, 11) is 0.